The number of nitrogens with zero attached hydrogens (tertiary/aromatic N) is 2. The van der Waals surface area contributed by atoms with Gasteiger partial charge in [0, 0.05) is 13.2 Å². The van der Waals surface area contributed by atoms with Crippen molar-refractivity contribution in [3.63, 3.8) is 0 Å². The SMILES string of the molecule is Cn1nccc1C(NN)C1CC2CCC1C2. The van der Waals surface area contributed by atoms with Gasteiger partial charge in [0.2, 0.25) is 0 Å². The first-order valence-corrected chi connectivity index (χ1v) is 6.23. The summed E-state index contributed by atoms with van der Waals surface area (Å²) in [5.41, 5.74) is 4.23. The van der Waals surface area contributed by atoms with Crippen LogP contribution in [0.5, 0.6) is 0 Å². The van der Waals surface area contributed by atoms with E-state index < -0.39 is 0 Å². The van der Waals surface area contributed by atoms with E-state index in [1.807, 2.05) is 17.9 Å². The van der Waals surface area contributed by atoms with Gasteiger partial charge in [-0.2, -0.15) is 5.10 Å². The van der Waals surface area contributed by atoms with Gasteiger partial charge in [0.15, 0.2) is 0 Å². The molecular weight excluding hydrogens is 200 g/mol. The zero-order valence-electron chi connectivity index (χ0n) is 9.76. The van der Waals surface area contributed by atoms with Crippen molar-refractivity contribution in [1.82, 2.24) is 15.2 Å². The minimum absolute atomic E-state index is 0.280. The first-order chi connectivity index (χ1) is 7.79. The second-order valence-corrected chi connectivity index (χ2v) is 5.36. The van der Waals surface area contributed by atoms with Crippen LogP contribution in [0.15, 0.2) is 12.3 Å². The summed E-state index contributed by atoms with van der Waals surface area (Å²) in [6, 6.07) is 2.36. The second kappa shape index (κ2) is 3.86. The van der Waals surface area contributed by atoms with Gasteiger partial charge in [-0.1, -0.05) is 6.42 Å². The normalized spacial score (nSPS) is 34.5. The third kappa shape index (κ3) is 1.48. The van der Waals surface area contributed by atoms with E-state index in [4.69, 9.17) is 5.84 Å². The first-order valence-electron chi connectivity index (χ1n) is 6.23. The highest BCUT2D eigenvalue weighted by Gasteiger charge is 2.43. The molecule has 2 bridgehead atoms. The molecule has 2 saturated carbocycles. The van der Waals surface area contributed by atoms with Crippen molar-refractivity contribution in [3.05, 3.63) is 18.0 Å². The van der Waals surface area contributed by atoms with Crippen LogP contribution in [0.2, 0.25) is 0 Å². The van der Waals surface area contributed by atoms with E-state index in [0.717, 1.165) is 11.8 Å². The monoisotopic (exact) mass is 220 g/mol. The molecule has 0 aromatic carbocycles. The van der Waals surface area contributed by atoms with Crippen molar-refractivity contribution >= 4 is 0 Å². The fraction of sp³-hybridized carbons (Fsp3) is 0.750. The third-order valence-corrected chi connectivity index (χ3v) is 4.58. The van der Waals surface area contributed by atoms with Crippen LogP contribution < -0.4 is 11.3 Å². The molecule has 0 radical (unpaired) electrons. The van der Waals surface area contributed by atoms with Gasteiger partial charge >= 0.3 is 0 Å². The molecule has 1 heterocycles. The highest BCUT2D eigenvalue weighted by Crippen LogP contribution is 2.52. The summed E-state index contributed by atoms with van der Waals surface area (Å²) < 4.78 is 1.94. The Morgan fingerprint density at radius 2 is 2.38 bits per heavy atom. The Morgan fingerprint density at radius 1 is 1.50 bits per heavy atom. The van der Waals surface area contributed by atoms with Gasteiger partial charge in [-0.05, 0) is 43.1 Å². The molecule has 4 heteroatoms. The lowest BCUT2D eigenvalue weighted by molar-refractivity contribution is 0.244. The predicted molar refractivity (Wildman–Crippen MR) is 62.2 cm³/mol. The Balaban J connectivity index is 1.84. The minimum atomic E-state index is 0.280. The van der Waals surface area contributed by atoms with E-state index in [9.17, 15) is 0 Å². The largest absolute Gasteiger partial charge is 0.271 e. The van der Waals surface area contributed by atoms with E-state index in [1.165, 1.54) is 31.4 Å². The zero-order valence-corrected chi connectivity index (χ0v) is 9.76. The smallest absolute Gasteiger partial charge is 0.0659 e. The van der Waals surface area contributed by atoms with Crippen LogP contribution in [0.3, 0.4) is 0 Å². The zero-order chi connectivity index (χ0) is 11.1. The van der Waals surface area contributed by atoms with Crippen LogP contribution in [0.1, 0.15) is 37.4 Å². The lowest BCUT2D eigenvalue weighted by atomic mass is 9.82. The quantitative estimate of drug-likeness (QED) is 0.597. The van der Waals surface area contributed by atoms with Crippen LogP contribution >= 0.6 is 0 Å². The van der Waals surface area contributed by atoms with Gasteiger partial charge < -0.3 is 0 Å². The highest BCUT2D eigenvalue weighted by molar-refractivity contribution is 5.11. The summed E-state index contributed by atoms with van der Waals surface area (Å²) in [7, 11) is 1.99. The summed E-state index contributed by atoms with van der Waals surface area (Å²) in [5.74, 6) is 8.29. The molecule has 2 aliphatic carbocycles. The van der Waals surface area contributed by atoms with Crippen LogP contribution in [-0.2, 0) is 7.05 Å². The number of hydrazine groups is 1. The Bertz CT molecular complexity index is 373. The molecule has 4 unspecified atom stereocenters. The summed E-state index contributed by atoms with van der Waals surface area (Å²) in [6.45, 7) is 0. The molecule has 3 N–H and O–H groups in total. The van der Waals surface area contributed by atoms with Crippen molar-refractivity contribution < 1.29 is 0 Å². The predicted octanol–water partition coefficient (Wildman–Crippen LogP) is 1.36. The lowest BCUT2D eigenvalue weighted by Gasteiger charge is -2.30. The van der Waals surface area contributed by atoms with E-state index >= 15 is 0 Å². The van der Waals surface area contributed by atoms with E-state index in [2.05, 4.69) is 16.6 Å². The molecule has 88 valence electrons. The Morgan fingerprint density at radius 3 is 2.88 bits per heavy atom. The third-order valence-electron chi connectivity index (χ3n) is 4.58. The van der Waals surface area contributed by atoms with E-state index in [1.54, 1.807) is 0 Å². The number of hydrogen-bond acceptors (Lipinski definition) is 3. The van der Waals surface area contributed by atoms with Gasteiger partial charge in [0.1, 0.15) is 0 Å². The molecular formula is C12H20N4. The average Bonchev–Trinajstić information content (AvgIpc) is 2.97. The number of fused-ring (bicyclic) bond motifs is 2. The maximum atomic E-state index is 5.75. The molecule has 4 nitrogen and oxygen atoms in total. The van der Waals surface area contributed by atoms with Gasteiger partial charge in [0.05, 0.1) is 11.7 Å². The van der Waals surface area contributed by atoms with Crippen LogP contribution in [-0.4, -0.2) is 9.78 Å². The van der Waals surface area contributed by atoms with Gasteiger partial charge in [-0.3, -0.25) is 16.0 Å². The van der Waals surface area contributed by atoms with Crippen LogP contribution in [0.4, 0.5) is 0 Å². The molecule has 0 spiro atoms. The number of hydrogen-bond donors (Lipinski definition) is 2. The number of rotatable bonds is 3. The van der Waals surface area contributed by atoms with Crippen LogP contribution in [0, 0.1) is 17.8 Å². The highest BCUT2D eigenvalue weighted by atomic mass is 15.3. The minimum Gasteiger partial charge on any atom is -0.271 e. The van der Waals surface area contributed by atoms with Crippen molar-refractivity contribution in [2.75, 3.05) is 0 Å². The van der Waals surface area contributed by atoms with Crippen molar-refractivity contribution in [2.24, 2.45) is 30.6 Å². The molecule has 0 amide bonds. The van der Waals surface area contributed by atoms with Crippen molar-refractivity contribution in [3.8, 4) is 0 Å². The molecule has 2 aliphatic rings. The Labute approximate surface area is 96.2 Å². The lowest BCUT2D eigenvalue weighted by Crippen LogP contribution is -2.37. The first kappa shape index (κ1) is 10.3. The summed E-state index contributed by atoms with van der Waals surface area (Å²) in [6.07, 6.45) is 7.44. The maximum absolute atomic E-state index is 5.75. The summed E-state index contributed by atoms with van der Waals surface area (Å²) in [4.78, 5) is 0. The molecule has 1 aromatic rings. The molecule has 4 atom stereocenters. The van der Waals surface area contributed by atoms with E-state index in [-0.39, 0.29) is 6.04 Å². The fourth-order valence-electron chi connectivity index (χ4n) is 3.82. The Kier molecular flexibility index (Phi) is 2.48. The molecule has 2 fully saturated rings. The van der Waals surface area contributed by atoms with Crippen LogP contribution in [0.25, 0.3) is 0 Å². The second-order valence-electron chi connectivity index (χ2n) is 5.36. The molecule has 0 saturated heterocycles. The van der Waals surface area contributed by atoms with Gasteiger partial charge in [-0.15, -0.1) is 0 Å². The van der Waals surface area contributed by atoms with E-state index in [0.29, 0.717) is 5.92 Å². The molecule has 0 aliphatic heterocycles. The Hall–Kier alpha value is -0.870. The molecule has 1 aromatic heterocycles. The van der Waals surface area contributed by atoms with Crippen molar-refractivity contribution in [2.45, 2.75) is 31.7 Å². The van der Waals surface area contributed by atoms with Gasteiger partial charge in [0.25, 0.3) is 0 Å². The fourth-order valence-corrected chi connectivity index (χ4v) is 3.82. The van der Waals surface area contributed by atoms with Gasteiger partial charge in [-0.25, -0.2) is 0 Å². The van der Waals surface area contributed by atoms with Crippen molar-refractivity contribution in [1.29, 1.82) is 0 Å². The molecule has 3 rings (SSSR count). The number of aryl methyl sites for hydroxylation is 1. The standard InChI is InChI=1S/C12H20N4/c1-16-11(4-5-14-16)12(15-13)10-7-8-2-3-9(10)6-8/h4-5,8-10,12,15H,2-3,6-7,13H2,1H3. The maximum Gasteiger partial charge on any atom is 0.0659 e. The summed E-state index contributed by atoms with van der Waals surface area (Å²) >= 11 is 0. The summed E-state index contributed by atoms with van der Waals surface area (Å²) in [5, 5.41) is 4.24. The number of aromatic nitrogens is 2. The molecule has 16 heavy (non-hydrogen) atoms. The average molecular weight is 220 g/mol. The topological polar surface area (TPSA) is 55.9 Å². The number of nitrogens with two attached hydrogens (primary N) is 1. The number of nitrogens with one attached hydrogen (secondary N) is 1.